The minimum absolute atomic E-state index is 0.0457. The van der Waals surface area contributed by atoms with Crippen LogP contribution < -0.4 is 10.2 Å². The van der Waals surface area contributed by atoms with Gasteiger partial charge in [0.15, 0.2) is 0 Å². The molecule has 1 aliphatic rings. The zero-order chi connectivity index (χ0) is 22.5. The Kier molecular flexibility index (Phi) is 6.31. The highest BCUT2D eigenvalue weighted by Gasteiger charge is 2.34. The summed E-state index contributed by atoms with van der Waals surface area (Å²) >= 11 is 0. The number of amides is 2. The van der Waals surface area contributed by atoms with Crippen LogP contribution in [0.1, 0.15) is 25.0 Å². The summed E-state index contributed by atoms with van der Waals surface area (Å²) in [7, 11) is 0. The van der Waals surface area contributed by atoms with Crippen LogP contribution in [0.4, 0.5) is 16.2 Å². The maximum atomic E-state index is 13.6. The van der Waals surface area contributed by atoms with E-state index in [2.05, 4.69) is 10.3 Å². The Bertz CT molecular complexity index is 1130. The fourth-order valence-electron chi connectivity index (χ4n) is 3.66. The minimum atomic E-state index is -1.11. The van der Waals surface area contributed by atoms with Crippen molar-refractivity contribution in [2.24, 2.45) is 10.9 Å². The summed E-state index contributed by atoms with van der Waals surface area (Å²) in [6, 6.07) is 26.4. The summed E-state index contributed by atoms with van der Waals surface area (Å²) < 4.78 is 5.34. The molecule has 3 aromatic carbocycles. The number of rotatable bonds is 5. The van der Waals surface area contributed by atoms with Gasteiger partial charge in [-0.3, -0.25) is 20.0 Å². The first-order valence-corrected chi connectivity index (χ1v) is 10.6. The zero-order valence-electron chi connectivity index (χ0n) is 18.1. The smallest absolute Gasteiger partial charge is 0.409 e. The summed E-state index contributed by atoms with van der Waals surface area (Å²) in [5, 5.41) is 2.66. The molecular weight excluding hydrogens is 402 g/mol. The predicted octanol–water partition coefficient (Wildman–Crippen LogP) is 5.06. The van der Waals surface area contributed by atoms with Crippen LogP contribution in [-0.4, -0.2) is 23.9 Å². The summed E-state index contributed by atoms with van der Waals surface area (Å²) in [6.07, 6.45) is -1.80. The van der Waals surface area contributed by atoms with E-state index in [4.69, 9.17) is 4.74 Å². The van der Waals surface area contributed by atoms with E-state index >= 15 is 0 Å². The molecule has 4 rings (SSSR count). The predicted molar refractivity (Wildman–Crippen MR) is 125 cm³/mol. The number of benzodiazepines with no additional fused rings is 1. The lowest BCUT2D eigenvalue weighted by atomic mass is 9.98. The van der Waals surface area contributed by atoms with Crippen molar-refractivity contribution in [1.82, 2.24) is 5.32 Å². The van der Waals surface area contributed by atoms with Gasteiger partial charge in [-0.25, -0.2) is 4.79 Å². The Labute approximate surface area is 187 Å². The number of hydrogen-bond acceptors (Lipinski definition) is 4. The number of para-hydroxylation sites is 2. The molecule has 0 saturated carbocycles. The second-order valence-electron chi connectivity index (χ2n) is 7.80. The van der Waals surface area contributed by atoms with E-state index in [0.29, 0.717) is 5.69 Å². The molecule has 2 amide bonds. The van der Waals surface area contributed by atoms with Gasteiger partial charge >= 0.3 is 6.09 Å². The molecule has 1 aliphatic heterocycles. The quantitative estimate of drug-likeness (QED) is 0.618. The number of benzene rings is 3. The number of anilines is 2. The highest BCUT2D eigenvalue weighted by molar-refractivity contribution is 6.16. The molecule has 1 N–H and O–H groups in total. The number of alkyl carbamates (subject to hydrolysis) is 1. The van der Waals surface area contributed by atoms with Crippen molar-refractivity contribution < 1.29 is 14.3 Å². The Morgan fingerprint density at radius 2 is 1.59 bits per heavy atom. The fourth-order valence-corrected chi connectivity index (χ4v) is 3.66. The molecule has 6 heteroatoms. The van der Waals surface area contributed by atoms with Crippen LogP contribution in [-0.2, 0) is 16.1 Å². The first-order valence-electron chi connectivity index (χ1n) is 10.6. The van der Waals surface area contributed by atoms with Gasteiger partial charge in [-0.15, -0.1) is 0 Å². The molecular formula is C26H25N3O3. The molecule has 0 bridgehead atoms. The van der Waals surface area contributed by atoms with Crippen molar-refractivity contribution in [3.8, 4) is 0 Å². The zero-order valence-corrected chi connectivity index (χ0v) is 18.1. The second-order valence-corrected chi connectivity index (χ2v) is 7.80. The second kappa shape index (κ2) is 9.47. The number of carbonyl (C=O) groups excluding carboxylic acids is 2. The molecule has 162 valence electrons. The average molecular weight is 428 g/mol. The van der Waals surface area contributed by atoms with Gasteiger partial charge in [0.2, 0.25) is 6.17 Å². The Morgan fingerprint density at radius 3 is 2.28 bits per heavy atom. The number of fused-ring (bicyclic) bond motifs is 1. The van der Waals surface area contributed by atoms with Crippen LogP contribution in [0.25, 0.3) is 0 Å². The number of nitrogens with one attached hydrogen (secondary N) is 1. The van der Waals surface area contributed by atoms with Crippen molar-refractivity contribution in [3.05, 3.63) is 96.1 Å². The van der Waals surface area contributed by atoms with Crippen LogP contribution in [0.5, 0.6) is 0 Å². The van der Waals surface area contributed by atoms with Crippen LogP contribution in [0.3, 0.4) is 0 Å². The Balaban J connectivity index is 1.66. The molecule has 0 fully saturated rings. The highest BCUT2D eigenvalue weighted by Crippen LogP contribution is 2.33. The minimum Gasteiger partial charge on any atom is -0.445 e. The molecule has 0 radical (unpaired) electrons. The topological polar surface area (TPSA) is 71.0 Å². The van der Waals surface area contributed by atoms with E-state index in [9.17, 15) is 9.59 Å². The van der Waals surface area contributed by atoms with Crippen molar-refractivity contribution in [1.29, 1.82) is 0 Å². The summed E-state index contributed by atoms with van der Waals surface area (Å²) in [5.41, 5.74) is 3.91. The molecule has 0 aliphatic carbocycles. The van der Waals surface area contributed by atoms with Crippen LogP contribution in [0.15, 0.2) is 89.9 Å². The van der Waals surface area contributed by atoms with Gasteiger partial charge in [0, 0.05) is 17.0 Å². The first kappa shape index (κ1) is 21.3. The molecule has 1 unspecified atom stereocenters. The van der Waals surface area contributed by atoms with E-state index in [1.807, 2.05) is 98.8 Å². The van der Waals surface area contributed by atoms with E-state index in [-0.39, 0.29) is 18.4 Å². The molecule has 1 heterocycles. The average Bonchev–Trinajstić information content (AvgIpc) is 2.93. The van der Waals surface area contributed by atoms with Crippen LogP contribution >= 0.6 is 0 Å². The van der Waals surface area contributed by atoms with Crippen LogP contribution in [0, 0.1) is 5.92 Å². The van der Waals surface area contributed by atoms with Crippen molar-refractivity contribution in [2.75, 3.05) is 4.90 Å². The first-order chi connectivity index (χ1) is 15.5. The van der Waals surface area contributed by atoms with E-state index in [1.165, 1.54) is 0 Å². The highest BCUT2D eigenvalue weighted by atomic mass is 16.5. The number of nitrogens with zero attached hydrogens (tertiary/aromatic N) is 2. The normalized spacial score (nSPS) is 15.6. The van der Waals surface area contributed by atoms with Gasteiger partial charge in [0.05, 0.1) is 5.69 Å². The van der Waals surface area contributed by atoms with Gasteiger partial charge in [-0.2, -0.15) is 0 Å². The number of aliphatic imine (C=N–C) groups is 1. The van der Waals surface area contributed by atoms with E-state index < -0.39 is 12.3 Å². The summed E-state index contributed by atoms with van der Waals surface area (Å²) in [4.78, 5) is 32.5. The number of carbonyl (C=O) groups is 2. The lowest BCUT2D eigenvalue weighted by Crippen LogP contribution is -2.46. The van der Waals surface area contributed by atoms with Gasteiger partial charge in [-0.1, -0.05) is 80.6 Å². The lowest BCUT2D eigenvalue weighted by Gasteiger charge is -2.25. The molecule has 0 aromatic heterocycles. The Morgan fingerprint density at radius 1 is 0.969 bits per heavy atom. The van der Waals surface area contributed by atoms with Crippen molar-refractivity contribution >= 4 is 29.1 Å². The van der Waals surface area contributed by atoms with Gasteiger partial charge in [0.25, 0.3) is 5.91 Å². The van der Waals surface area contributed by atoms with Crippen molar-refractivity contribution in [3.63, 3.8) is 0 Å². The maximum Gasteiger partial charge on any atom is 0.409 e. The molecule has 0 saturated heterocycles. The van der Waals surface area contributed by atoms with E-state index in [0.717, 1.165) is 22.5 Å². The van der Waals surface area contributed by atoms with E-state index in [1.54, 1.807) is 4.90 Å². The van der Waals surface area contributed by atoms with Crippen molar-refractivity contribution in [2.45, 2.75) is 26.6 Å². The van der Waals surface area contributed by atoms with Gasteiger partial charge in [-0.05, 0) is 29.7 Å². The molecule has 32 heavy (non-hydrogen) atoms. The summed E-state index contributed by atoms with van der Waals surface area (Å²) in [6.45, 7) is 4.14. The number of hydrogen-bond donors (Lipinski definition) is 1. The van der Waals surface area contributed by atoms with Crippen LogP contribution in [0.2, 0.25) is 0 Å². The molecule has 6 nitrogen and oxygen atoms in total. The third-order valence-corrected chi connectivity index (χ3v) is 5.17. The maximum absolute atomic E-state index is 13.6. The molecule has 0 spiro atoms. The monoisotopic (exact) mass is 427 g/mol. The standard InChI is InChI=1S/C26H25N3O3/c1-18(2)23-21-15-9-10-16-22(21)29(20-13-7-4-8-14-20)25(30)24(27-23)28-26(31)32-17-19-11-5-3-6-12-19/h3-16,18,24H,17H2,1-2H3,(H,28,31). The lowest BCUT2D eigenvalue weighted by molar-refractivity contribution is -0.119. The fraction of sp³-hybridized carbons (Fsp3) is 0.192. The molecule has 1 atom stereocenters. The third kappa shape index (κ3) is 4.54. The third-order valence-electron chi connectivity index (χ3n) is 5.17. The largest absolute Gasteiger partial charge is 0.445 e. The Hall–Kier alpha value is -3.93. The SMILES string of the molecule is CC(C)C1=NC(NC(=O)OCc2ccccc2)C(=O)N(c2ccccc2)c2ccccc21. The number of ether oxygens (including phenoxy) is 1. The van der Waals surface area contributed by atoms with Gasteiger partial charge < -0.3 is 4.74 Å². The molecule has 3 aromatic rings. The van der Waals surface area contributed by atoms with Gasteiger partial charge in [0.1, 0.15) is 6.61 Å². The summed E-state index contributed by atoms with van der Waals surface area (Å²) in [5.74, 6) is -0.305.